The maximum absolute atomic E-state index is 12.4. The molecule has 2 N–H and O–H groups in total. The quantitative estimate of drug-likeness (QED) is 0.409. The lowest BCUT2D eigenvalue weighted by molar-refractivity contribution is -0.133. The number of piperidine rings is 1. The highest BCUT2D eigenvalue weighted by Crippen LogP contribution is 2.32. The molecule has 1 aliphatic heterocycles. The maximum Gasteiger partial charge on any atom is 0.251 e. The summed E-state index contributed by atoms with van der Waals surface area (Å²) >= 11 is 0. The van der Waals surface area contributed by atoms with E-state index in [-0.39, 0.29) is 11.8 Å². The van der Waals surface area contributed by atoms with Gasteiger partial charge in [0.05, 0.1) is 5.52 Å². The molecular formula is C27H27N5O3. The smallest absolute Gasteiger partial charge is 0.251 e. The Morgan fingerprint density at radius 1 is 1.14 bits per heavy atom. The van der Waals surface area contributed by atoms with Crippen LogP contribution in [-0.4, -0.2) is 44.8 Å². The molecule has 0 radical (unpaired) electrons. The maximum atomic E-state index is 12.4. The molecule has 0 saturated carbocycles. The lowest BCUT2D eigenvalue weighted by Crippen LogP contribution is -2.34. The molecule has 0 aliphatic carbocycles. The number of carbonyl (C=O) groups excluding carboxylic acids is 2. The summed E-state index contributed by atoms with van der Waals surface area (Å²) in [6, 6.07) is 16.7. The van der Waals surface area contributed by atoms with Crippen molar-refractivity contribution in [3.63, 3.8) is 0 Å². The summed E-state index contributed by atoms with van der Waals surface area (Å²) in [5.41, 5.74) is 3.83. The topological polar surface area (TPSA) is 100 Å². The van der Waals surface area contributed by atoms with Gasteiger partial charge < -0.3 is 19.9 Å². The Bertz CT molecular complexity index is 1330. The van der Waals surface area contributed by atoms with Gasteiger partial charge in [-0.1, -0.05) is 12.1 Å². The summed E-state index contributed by atoms with van der Waals surface area (Å²) in [5, 5.41) is 2.79. The van der Waals surface area contributed by atoms with Crippen molar-refractivity contribution >= 4 is 23.0 Å². The van der Waals surface area contributed by atoms with Crippen LogP contribution in [0.4, 0.5) is 0 Å². The van der Waals surface area contributed by atoms with Crippen LogP contribution >= 0.6 is 0 Å². The van der Waals surface area contributed by atoms with Gasteiger partial charge in [0, 0.05) is 48.9 Å². The summed E-state index contributed by atoms with van der Waals surface area (Å²) in [6.45, 7) is 3.68. The highest BCUT2D eigenvalue weighted by atomic mass is 16.5. The van der Waals surface area contributed by atoms with Crippen molar-refractivity contribution in [1.82, 2.24) is 25.2 Å². The van der Waals surface area contributed by atoms with E-state index < -0.39 is 0 Å². The lowest BCUT2D eigenvalue weighted by atomic mass is 10.1. The molecule has 4 aromatic rings. The first-order valence-corrected chi connectivity index (χ1v) is 11.9. The fraction of sp³-hybridized carbons (Fsp3) is 0.259. The third kappa shape index (κ3) is 5.01. The van der Waals surface area contributed by atoms with Gasteiger partial charge in [-0.15, -0.1) is 0 Å². The largest absolute Gasteiger partial charge is 0.457 e. The fourth-order valence-electron chi connectivity index (χ4n) is 4.21. The number of carbonyl (C=O) groups is 2. The number of hydrogen-bond acceptors (Lipinski definition) is 5. The van der Waals surface area contributed by atoms with Crippen molar-refractivity contribution in [3.8, 4) is 22.9 Å². The Balaban J connectivity index is 1.47. The van der Waals surface area contributed by atoms with Gasteiger partial charge in [-0.2, -0.15) is 0 Å². The molecule has 1 saturated heterocycles. The number of aromatic amines is 1. The number of amides is 2. The second-order valence-corrected chi connectivity index (χ2v) is 8.54. The molecule has 0 bridgehead atoms. The van der Waals surface area contributed by atoms with E-state index in [4.69, 9.17) is 4.74 Å². The van der Waals surface area contributed by atoms with Gasteiger partial charge in [0.15, 0.2) is 5.65 Å². The van der Waals surface area contributed by atoms with Crippen molar-refractivity contribution < 1.29 is 14.3 Å². The molecule has 8 nitrogen and oxygen atoms in total. The first kappa shape index (κ1) is 22.6. The molecule has 0 spiro atoms. The summed E-state index contributed by atoms with van der Waals surface area (Å²) < 4.78 is 6.29. The van der Waals surface area contributed by atoms with E-state index in [1.165, 1.54) is 0 Å². The van der Waals surface area contributed by atoms with E-state index in [1.54, 1.807) is 30.5 Å². The van der Waals surface area contributed by atoms with Crippen molar-refractivity contribution in [1.29, 1.82) is 0 Å². The minimum atomic E-state index is -0.121. The van der Waals surface area contributed by atoms with Crippen LogP contribution in [0.1, 0.15) is 42.1 Å². The van der Waals surface area contributed by atoms with Gasteiger partial charge >= 0.3 is 0 Å². The molecule has 0 atom stereocenters. The predicted octanol–water partition coefficient (Wildman–Crippen LogP) is 4.68. The third-order valence-corrected chi connectivity index (χ3v) is 6.06. The van der Waals surface area contributed by atoms with Crippen LogP contribution in [-0.2, 0) is 11.3 Å². The number of fused-ring (bicyclic) bond motifs is 1. The third-order valence-electron chi connectivity index (χ3n) is 6.06. The van der Waals surface area contributed by atoms with Crippen LogP contribution in [0, 0.1) is 0 Å². The van der Waals surface area contributed by atoms with E-state index in [0.29, 0.717) is 48.0 Å². The van der Waals surface area contributed by atoms with Gasteiger partial charge in [0.2, 0.25) is 5.91 Å². The Hall–Kier alpha value is -4.20. The highest BCUT2D eigenvalue weighted by Gasteiger charge is 2.20. The number of nitrogens with zero attached hydrogens (tertiary/aromatic N) is 3. The van der Waals surface area contributed by atoms with Crippen molar-refractivity contribution in [3.05, 3.63) is 71.9 Å². The van der Waals surface area contributed by atoms with Crippen molar-refractivity contribution in [2.24, 2.45) is 0 Å². The van der Waals surface area contributed by atoms with Crippen LogP contribution in [0.15, 0.2) is 60.8 Å². The zero-order chi connectivity index (χ0) is 24.2. The Labute approximate surface area is 203 Å². The SMILES string of the molecule is CCNC(=O)c1ccc(Oc2cc(-c3nc4ncccc4[nH]3)ccc2CN2CCCCC2=O)cc1. The Morgan fingerprint density at radius 2 is 2.00 bits per heavy atom. The molecule has 35 heavy (non-hydrogen) atoms. The minimum absolute atomic E-state index is 0.121. The number of benzene rings is 2. The number of aromatic nitrogens is 3. The molecule has 2 amide bonds. The van der Waals surface area contributed by atoms with Crippen LogP contribution in [0.2, 0.25) is 0 Å². The molecule has 8 heteroatoms. The van der Waals surface area contributed by atoms with Crippen LogP contribution in [0.3, 0.4) is 0 Å². The van der Waals surface area contributed by atoms with Gasteiger partial charge in [0.25, 0.3) is 5.91 Å². The number of H-pyrrole nitrogens is 1. The average Bonchev–Trinajstić information content (AvgIpc) is 3.31. The van der Waals surface area contributed by atoms with Crippen LogP contribution in [0.25, 0.3) is 22.6 Å². The fourth-order valence-corrected chi connectivity index (χ4v) is 4.21. The van der Waals surface area contributed by atoms with Gasteiger partial charge in [0.1, 0.15) is 17.3 Å². The zero-order valence-corrected chi connectivity index (χ0v) is 19.6. The first-order chi connectivity index (χ1) is 17.1. The van der Waals surface area contributed by atoms with Crippen LogP contribution < -0.4 is 10.1 Å². The first-order valence-electron chi connectivity index (χ1n) is 11.9. The minimum Gasteiger partial charge on any atom is -0.457 e. The molecular weight excluding hydrogens is 442 g/mol. The van der Waals surface area contributed by atoms with Crippen molar-refractivity contribution in [2.45, 2.75) is 32.7 Å². The molecule has 1 fully saturated rings. The number of nitrogens with one attached hydrogen (secondary N) is 2. The number of rotatable bonds is 7. The zero-order valence-electron chi connectivity index (χ0n) is 19.6. The lowest BCUT2D eigenvalue weighted by Gasteiger charge is -2.27. The van der Waals surface area contributed by atoms with E-state index in [0.717, 1.165) is 36.0 Å². The number of hydrogen-bond donors (Lipinski definition) is 2. The molecule has 178 valence electrons. The van der Waals surface area contributed by atoms with Gasteiger partial charge in [-0.3, -0.25) is 9.59 Å². The van der Waals surface area contributed by atoms with E-state index in [9.17, 15) is 9.59 Å². The van der Waals surface area contributed by atoms with Crippen molar-refractivity contribution in [2.75, 3.05) is 13.1 Å². The van der Waals surface area contributed by atoms with E-state index >= 15 is 0 Å². The second kappa shape index (κ2) is 9.97. The molecule has 2 aromatic heterocycles. The second-order valence-electron chi connectivity index (χ2n) is 8.54. The molecule has 3 heterocycles. The molecule has 2 aromatic carbocycles. The molecule has 0 unspecified atom stereocenters. The summed E-state index contributed by atoms with van der Waals surface area (Å²) in [5.74, 6) is 1.98. The molecule has 5 rings (SSSR count). The van der Waals surface area contributed by atoms with Gasteiger partial charge in [-0.25, -0.2) is 9.97 Å². The average molecular weight is 470 g/mol. The predicted molar refractivity (Wildman–Crippen MR) is 133 cm³/mol. The van der Waals surface area contributed by atoms with E-state index in [2.05, 4.69) is 20.3 Å². The van der Waals surface area contributed by atoms with Gasteiger partial charge in [-0.05, 0) is 62.2 Å². The van der Waals surface area contributed by atoms with Crippen LogP contribution in [0.5, 0.6) is 11.5 Å². The summed E-state index contributed by atoms with van der Waals surface area (Å²) in [6.07, 6.45) is 4.25. The Kier molecular flexibility index (Phi) is 6.43. The summed E-state index contributed by atoms with van der Waals surface area (Å²) in [4.78, 5) is 38.6. The number of likely N-dealkylation sites (tertiary alicyclic amines) is 1. The standard InChI is InChI=1S/C27H27N5O3/c1-2-28-27(34)18-10-12-21(13-11-18)35-23-16-19(25-30-22-6-5-14-29-26(22)31-25)8-9-20(23)17-32-15-4-3-7-24(32)33/h5-6,8-14,16H,2-4,7,15,17H2,1H3,(H,28,34)(H,29,30,31). The Morgan fingerprint density at radius 3 is 2.77 bits per heavy atom. The monoisotopic (exact) mass is 469 g/mol. The van der Waals surface area contributed by atoms with E-state index in [1.807, 2.05) is 42.2 Å². The number of pyridine rings is 1. The number of ether oxygens (including phenoxy) is 1. The molecule has 1 aliphatic rings. The number of imidazole rings is 1. The summed E-state index contributed by atoms with van der Waals surface area (Å²) in [7, 11) is 0. The normalized spacial score (nSPS) is 13.7. The highest BCUT2D eigenvalue weighted by molar-refractivity contribution is 5.94.